The summed E-state index contributed by atoms with van der Waals surface area (Å²) in [4.78, 5) is 21.4. The second-order valence-corrected chi connectivity index (χ2v) is 9.80. The second-order valence-electron chi connectivity index (χ2n) is 9.39. The van der Waals surface area contributed by atoms with Crippen molar-refractivity contribution < 1.29 is 18.0 Å². The Morgan fingerprint density at radius 3 is 2.10 bits per heavy atom. The number of carbonyl (C=O) groups excluding carboxylic acids is 1. The molecule has 210 valence electrons. The van der Waals surface area contributed by atoms with Gasteiger partial charge in [0.15, 0.2) is 0 Å². The number of likely N-dealkylation sites (N-methyl/N-ethyl adjacent to an activating group) is 1. The Labute approximate surface area is 236 Å². The molecule has 4 rings (SSSR count). The number of rotatable bonds is 6. The first-order chi connectivity index (χ1) is 19.0. The summed E-state index contributed by atoms with van der Waals surface area (Å²) in [6.07, 6.45) is -2.84. The summed E-state index contributed by atoms with van der Waals surface area (Å²) in [5.41, 5.74) is 9.76. The van der Waals surface area contributed by atoms with Crippen LogP contribution in [0.5, 0.6) is 0 Å². The van der Waals surface area contributed by atoms with E-state index >= 15 is 0 Å². The Morgan fingerprint density at radius 1 is 0.925 bits per heavy atom. The van der Waals surface area contributed by atoms with Crippen molar-refractivity contribution in [2.45, 2.75) is 6.18 Å². The monoisotopic (exact) mass is 570 g/mol. The lowest BCUT2D eigenvalue weighted by atomic mass is 10.0. The van der Waals surface area contributed by atoms with E-state index in [4.69, 9.17) is 17.3 Å². The third kappa shape index (κ3) is 7.34. The van der Waals surface area contributed by atoms with Gasteiger partial charge in [0.2, 0.25) is 0 Å². The first kappa shape index (κ1) is 29.0. The standard InChI is InChI=1S/C29H30ClF3N6O/c1-35-27(20-5-10-23(11-6-20)39-15-13-38(2)14-16-39)18-26(34)19-3-7-21(8-4-19)36-28(40)37-22-9-12-25(30)24(17-22)29(31,32)33/h3-12,17-18H,13-16,34H2,1-2H3,(H2,36,37,40)/b26-18-,35-27?. The fourth-order valence-corrected chi connectivity index (χ4v) is 4.50. The molecule has 0 unspecified atom stereocenters. The lowest BCUT2D eigenvalue weighted by Gasteiger charge is -2.34. The molecule has 1 saturated heterocycles. The number of nitrogens with zero attached hydrogens (tertiary/aromatic N) is 3. The SMILES string of the molecule is CN=C(/C=C(\N)c1ccc(NC(=O)Nc2ccc(Cl)c(C(F)(F)F)c2)cc1)c1ccc(N2CCN(C)CC2)cc1. The number of piperazine rings is 1. The van der Waals surface area contributed by atoms with Crippen LogP contribution in [-0.2, 0) is 6.18 Å². The Hall–Kier alpha value is -4.02. The highest BCUT2D eigenvalue weighted by Gasteiger charge is 2.33. The van der Waals surface area contributed by atoms with Gasteiger partial charge in [-0.05, 0) is 66.7 Å². The van der Waals surface area contributed by atoms with Gasteiger partial charge >= 0.3 is 12.2 Å². The molecule has 1 fully saturated rings. The number of alkyl halides is 3. The van der Waals surface area contributed by atoms with Crippen molar-refractivity contribution >= 4 is 46.1 Å². The molecule has 7 nitrogen and oxygen atoms in total. The van der Waals surface area contributed by atoms with Crippen molar-refractivity contribution in [3.63, 3.8) is 0 Å². The van der Waals surface area contributed by atoms with Crippen LogP contribution in [0.1, 0.15) is 16.7 Å². The molecular weight excluding hydrogens is 541 g/mol. The molecule has 0 saturated carbocycles. The van der Waals surface area contributed by atoms with E-state index < -0.39 is 22.8 Å². The molecule has 0 aliphatic carbocycles. The molecule has 1 aliphatic heterocycles. The average molecular weight is 571 g/mol. The van der Waals surface area contributed by atoms with Crippen LogP contribution in [0, 0.1) is 0 Å². The maximum atomic E-state index is 13.1. The molecule has 0 aromatic heterocycles. The molecule has 0 atom stereocenters. The normalized spacial score (nSPS) is 15.2. The number of aliphatic imine (C=N–C) groups is 1. The van der Waals surface area contributed by atoms with E-state index in [9.17, 15) is 18.0 Å². The van der Waals surface area contributed by atoms with Gasteiger partial charge in [0, 0.05) is 56.0 Å². The molecule has 3 aromatic rings. The first-order valence-electron chi connectivity index (χ1n) is 12.6. The van der Waals surface area contributed by atoms with E-state index in [0.29, 0.717) is 16.9 Å². The molecule has 4 N–H and O–H groups in total. The Kier molecular flexibility index (Phi) is 9.01. The highest BCUT2D eigenvalue weighted by Crippen LogP contribution is 2.36. The van der Waals surface area contributed by atoms with Gasteiger partial charge in [0.1, 0.15) is 0 Å². The van der Waals surface area contributed by atoms with Crippen molar-refractivity contribution in [1.82, 2.24) is 4.90 Å². The molecule has 1 aliphatic rings. The zero-order valence-electron chi connectivity index (χ0n) is 22.1. The number of benzene rings is 3. The number of amides is 2. The molecule has 0 bridgehead atoms. The smallest absolute Gasteiger partial charge is 0.398 e. The molecule has 0 radical (unpaired) electrons. The van der Waals surface area contributed by atoms with Gasteiger partial charge < -0.3 is 26.2 Å². The fraction of sp³-hybridized carbons (Fsp3) is 0.241. The molecule has 0 spiro atoms. The van der Waals surface area contributed by atoms with Crippen molar-refractivity contribution in [1.29, 1.82) is 0 Å². The lowest BCUT2D eigenvalue weighted by Crippen LogP contribution is -2.44. The minimum Gasteiger partial charge on any atom is -0.398 e. The van der Waals surface area contributed by atoms with E-state index in [0.717, 1.165) is 49.6 Å². The quantitative estimate of drug-likeness (QED) is 0.309. The summed E-state index contributed by atoms with van der Waals surface area (Å²) in [6.45, 7) is 4.05. The predicted molar refractivity (Wildman–Crippen MR) is 156 cm³/mol. The van der Waals surface area contributed by atoms with Crippen LogP contribution in [0.4, 0.5) is 35.0 Å². The maximum Gasteiger partial charge on any atom is 0.417 e. The molecule has 2 amide bonds. The zero-order chi connectivity index (χ0) is 28.9. The van der Waals surface area contributed by atoms with Crippen LogP contribution in [0.3, 0.4) is 0 Å². The van der Waals surface area contributed by atoms with E-state index in [-0.39, 0.29) is 5.69 Å². The highest BCUT2D eigenvalue weighted by atomic mass is 35.5. The average Bonchev–Trinajstić information content (AvgIpc) is 2.93. The summed E-state index contributed by atoms with van der Waals surface area (Å²) in [7, 11) is 3.83. The van der Waals surface area contributed by atoms with Crippen molar-refractivity contribution in [2.24, 2.45) is 10.7 Å². The number of nitrogens with two attached hydrogens (primary N) is 1. The van der Waals surface area contributed by atoms with Gasteiger partial charge in [-0.25, -0.2) is 4.79 Å². The fourth-order valence-electron chi connectivity index (χ4n) is 4.27. The third-order valence-corrected chi connectivity index (χ3v) is 6.90. The van der Waals surface area contributed by atoms with Crippen LogP contribution in [0.15, 0.2) is 77.8 Å². The Balaban J connectivity index is 1.38. The van der Waals surface area contributed by atoms with Gasteiger partial charge in [0.25, 0.3) is 0 Å². The number of urea groups is 1. The summed E-state index contributed by atoms with van der Waals surface area (Å²) in [5, 5.41) is 4.52. The van der Waals surface area contributed by atoms with E-state index in [2.05, 4.69) is 44.6 Å². The number of carbonyl (C=O) groups is 1. The van der Waals surface area contributed by atoms with Crippen LogP contribution in [0.2, 0.25) is 5.02 Å². The largest absolute Gasteiger partial charge is 0.417 e. The van der Waals surface area contributed by atoms with Gasteiger partial charge in [-0.2, -0.15) is 13.2 Å². The second kappa shape index (κ2) is 12.4. The zero-order valence-corrected chi connectivity index (χ0v) is 22.9. The number of halogens is 4. The van der Waals surface area contributed by atoms with E-state index in [1.54, 1.807) is 37.4 Å². The number of hydrogen-bond donors (Lipinski definition) is 3. The highest BCUT2D eigenvalue weighted by molar-refractivity contribution is 6.31. The van der Waals surface area contributed by atoms with Crippen LogP contribution < -0.4 is 21.3 Å². The first-order valence-corrected chi connectivity index (χ1v) is 12.9. The molecule has 1 heterocycles. The number of nitrogens with one attached hydrogen (secondary N) is 2. The maximum absolute atomic E-state index is 13.1. The summed E-state index contributed by atoms with van der Waals surface area (Å²) in [5.74, 6) is 0. The number of anilines is 3. The van der Waals surface area contributed by atoms with Crippen molar-refractivity contribution in [3.8, 4) is 0 Å². The Morgan fingerprint density at radius 2 is 1.50 bits per heavy atom. The van der Waals surface area contributed by atoms with Gasteiger partial charge in [-0.15, -0.1) is 0 Å². The van der Waals surface area contributed by atoms with Gasteiger partial charge in [0.05, 0.1) is 16.3 Å². The summed E-state index contributed by atoms with van der Waals surface area (Å²) >= 11 is 5.63. The van der Waals surface area contributed by atoms with Crippen LogP contribution in [-0.4, -0.2) is 56.9 Å². The molecule has 40 heavy (non-hydrogen) atoms. The lowest BCUT2D eigenvalue weighted by molar-refractivity contribution is -0.137. The summed E-state index contributed by atoms with van der Waals surface area (Å²) in [6, 6.07) is 17.5. The Bertz CT molecular complexity index is 1400. The van der Waals surface area contributed by atoms with Gasteiger partial charge in [-0.3, -0.25) is 4.99 Å². The molecule has 11 heteroatoms. The number of allylic oxidation sites excluding steroid dienone is 1. The van der Waals surface area contributed by atoms with Crippen molar-refractivity contribution in [3.05, 3.63) is 94.5 Å². The topological polar surface area (TPSA) is 86.0 Å². The minimum absolute atomic E-state index is 0.0408. The molecular formula is C29H30ClF3N6O. The minimum atomic E-state index is -4.63. The van der Waals surface area contributed by atoms with E-state index in [1.165, 1.54) is 11.8 Å². The third-order valence-electron chi connectivity index (χ3n) is 6.57. The number of hydrogen-bond acceptors (Lipinski definition) is 5. The van der Waals surface area contributed by atoms with Gasteiger partial charge in [-0.1, -0.05) is 35.9 Å². The van der Waals surface area contributed by atoms with E-state index in [1.807, 2.05) is 12.1 Å². The predicted octanol–water partition coefficient (Wildman–Crippen LogP) is 6.17. The van der Waals surface area contributed by atoms with Crippen LogP contribution >= 0.6 is 11.6 Å². The molecule has 3 aromatic carbocycles. The van der Waals surface area contributed by atoms with Crippen molar-refractivity contribution in [2.75, 3.05) is 55.8 Å². The van der Waals surface area contributed by atoms with Crippen LogP contribution in [0.25, 0.3) is 5.70 Å². The summed E-state index contributed by atoms with van der Waals surface area (Å²) < 4.78 is 39.2.